The lowest BCUT2D eigenvalue weighted by Crippen LogP contribution is -2.23. The minimum absolute atomic E-state index is 0. The molecule has 36 heteroatoms. The van der Waals surface area contributed by atoms with Gasteiger partial charge in [-0.1, -0.05) is 190 Å². The van der Waals surface area contributed by atoms with E-state index in [1.54, 1.807) is 69.7 Å². The SMILES string of the molecule is BrBr.C.CCNC(=O)c1cc(-c2cc(Cl)c(C)cc2OCc2ccccc2)on1.CCNC(=O)c1noc(-c2cc(Cl)c(C)cc2OCc2ccccc2)c1-c1ccc(OC)cc1.CCNC(=O)c1noc(-c2cc(Cl)c(C)cc2OCc2ccccc2)c1Br.CCNC(=O)c1noc(-c2cc(Cl)c(O)cc2O)c1-c1ccc(OC)cc1.ClB(Cl)Cl.ClCCl. The van der Waals surface area contributed by atoms with Crippen molar-refractivity contribution < 1.29 is 71.2 Å². The fourth-order valence-corrected chi connectivity index (χ4v) is 12.4. The molecule has 6 N–H and O–H groups in total. The average Bonchev–Trinajstić information content (AvgIpc) is 1.61. The Kier molecular flexibility index (Phi) is 44.1. The molecule has 0 radical (unpaired) electrons. The fourth-order valence-electron chi connectivity index (χ4n) is 11.2. The van der Waals surface area contributed by atoms with Crippen LogP contribution in [0.25, 0.3) is 67.5 Å². The quantitative estimate of drug-likeness (QED) is 0.0229. The van der Waals surface area contributed by atoms with Gasteiger partial charge in [0.2, 0.25) is 0 Å². The number of alkyl halides is 2. The molecule has 0 aliphatic carbocycles. The maximum absolute atomic E-state index is 12.8. The van der Waals surface area contributed by atoms with Crippen LogP contribution in [0.5, 0.6) is 40.2 Å². The maximum Gasteiger partial charge on any atom is 0.450 e. The van der Waals surface area contributed by atoms with Crippen LogP contribution in [0.3, 0.4) is 0 Å². The molecule has 0 atom stereocenters. The van der Waals surface area contributed by atoms with E-state index in [1.807, 2.05) is 175 Å². The highest BCUT2D eigenvalue weighted by atomic mass is 80.9. The molecular formula is C88H85BBr3Cl9N8O15. The summed E-state index contributed by atoms with van der Waals surface area (Å²) >= 11 is 57.9. The average molecular weight is 2060 g/mol. The van der Waals surface area contributed by atoms with Crippen LogP contribution in [0.1, 0.15) is 110 Å². The van der Waals surface area contributed by atoms with Crippen LogP contribution < -0.4 is 45.0 Å². The van der Waals surface area contributed by atoms with Crippen molar-refractivity contribution in [2.75, 3.05) is 45.7 Å². The summed E-state index contributed by atoms with van der Waals surface area (Å²) < 4.78 is 51.1. The minimum atomic E-state index is -0.750. The summed E-state index contributed by atoms with van der Waals surface area (Å²) in [5, 5.41) is 48.4. The maximum atomic E-state index is 12.8. The smallest absolute Gasteiger partial charge is 0.450 e. The number of aromatic hydroxyl groups is 2. The van der Waals surface area contributed by atoms with Crippen molar-refractivity contribution in [3.63, 3.8) is 0 Å². The lowest BCUT2D eigenvalue weighted by molar-refractivity contribution is 0.0938. The number of ether oxygens (including phenoxy) is 5. The second-order valence-electron chi connectivity index (χ2n) is 25.4. The van der Waals surface area contributed by atoms with Crippen molar-refractivity contribution in [1.29, 1.82) is 0 Å². The Balaban J connectivity index is 0.000000248. The van der Waals surface area contributed by atoms with E-state index in [9.17, 15) is 29.4 Å². The van der Waals surface area contributed by atoms with Crippen LogP contribution in [-0.2, 0) is 19.8 Å². The van der Waals surface area contributed by atoms with Gasteiger partial charge in [-0.05, 0) is 176 Å². The molecule has 0 bridgehead atoms. The van der Waals surface area contributed by atoms with Gasteiger partial charge in [0, 0.05) is 81.6 Å². The van der Waals surface area contributed by atoms with E-state index in [1.165, 1.54) is 6.07 Å². The molecule has 4 amide bonds. The summed E-state index contributed by atoms with van der Waals surface area (Å²) in [7, 11) is 3.15. The Bertz CT molecular complexity index is 5590. The Labute approximate surface area is 787 Å². The molecule has 654 valence electrons. The zero-order valence-corrected chi connectivity index (χ0v) is 78.8. The summed E-state index contributed by atoms with van der Waals surface area (Å²) in [5.41, 5.74) is 10.8. The van der Waals surface area contributed by atoms with Crippen molar-refractivity contribution in [1.82, 2.24) is 41.9 Å². The van der Waals surface area contributed by atoms with Gasteiger partial charge in [0.25, 0.3) is 23.6 Å². The molecular weight excluding hydrogens is 1980 g/mol. The number of phenols is 2. The number of hydrogen-bond donors (Lipinski definition) is 6. The first kappa shape index (κ1) is 103. The van der Waals surface area contributed by atoms with Crippen LogP contribution in [-0.4, -0.2) is 105 Å². The van der Waals surface area contributed by atoms with Crippen LogP contribution in [0, 0.1) is 20.8 Å². The number of carbonyl (C=O) groups excluding carboxylic acids is 4. The van der Waals surface area contributed by atoms with Crippen molar-refractivity contribution in [2.45, 2.75) is 75.7 Å². The van der Waals surface area contributed by atoms with Gasteiger partial charge in [0.1, 0.15) is 60.1 Å². The number of amides is 4. The largest absolute Gasteiger partial charge is 0.507 e. The number of halogens is 12. The minimum Gasteiger partial charge on any atom is -0.507 e. The van der Waals surface area contributed by atoms with Gasteiger partial charge in [0.15, 0.2) is 45.8 Å². The second kappa shape index (κ2) is 53.0. The number of benzene rings is 9. The molecule has 4 heterocycles. The predicted molar refractivity (Wildman–Crippen MR) is 506 cm³/mol. The number of aryl methyl sites for hydroxylation is 3. The van der Waals surface area contributed by atoms with Gasteiger partial charge in [0.05, 0.1) is 62.4 Å². The molecule has 0 unspecified atom stereocenters. The first-order valence-corrected chi connectivity index (χ1v) is 45.5. The summed E-state index contributed by atoms with van der Waals surface area (Å²) in [5.74, 6) is 2.65. The standard InChI is InChI=1S/C27H25ClN2O4.C20H18BrClN2O3.C20H19ClN2O3.C19H17ClN2O5.CH2Cl2.CH4.BCl3.Br2/c1-4-29-27(31)25-24(19-10-12-20(32-3)13-11-19)26(34-30-25)21-15-22(28)17(2)14-23(21)33-16-18-8-6-5-7-9-18;1-3-23-20(25)18-17(21)19(27-24-18)14-10-15(22)12(2)9-16(14)26-11-13-7-5-4-6-8-13;1-3-22-20(24)17-11-19(26-23-17)15-10-16(21)13(2)9-18(15)25-12-14-7-5-4-6-8-14;1-3-21-19(25)17-16(10-4-6-11(26-2)7-5-10)18(27-22-17)12-8-13(20)15(24)9-14(12)23;2-1-3;;2-1(3)4;1-2/h5-15H,4,16H2,1-3H3,(H,29,31);4-10H,3,11H2,1-2H3,(H,23,25);4-11H,3,12H2,1-2H3,(H,22,24);4-9,23-24H,3H2,1-2H3,(H,21,25);1H2;1H4;;. The van der Waals surface area contributed by atoms with E-state index in [2.05, 4.69) is 86.1 Å². The first-order chi connectivity index (χ1) is 59.2. The summed E-state index contributed by atoms with van der Waals surface area (Å²) in [6, 6.07) is 58.8. The van der Waals surface area contributed by atoms with Crippen molar-refractivity contribution in [3.8, 4) is 108 Å². The van der Waals surface area contributed by atoms with E-state index >= 15 is 0 Å². The number of methoxy groups -OCH3 is 2. The number of carbonyl (C=O) groups is 4. The van der Waals surface area contributed by atoms with Gasteiger partial charge in [-0.3, -0.25) is 19.2 Å². The van der Waals surface area contributed by atoms with Gasteiger partial charge >= 0.3 is 4.96 Å². The number of aromatic nitrogens is 4. The number of rotatable bonds is 25. The molecule has 0 saturated heterocycles. The summed E-state index contributed by atoms with van der Waals surface area (Å²) in [6.07, 6.45) is 0. The van der Waals surface area contributed by atoms with E-state index in [-0.39, 0.29) is 81.1 Å². The highest BCUT2D eigenvalue weighted by Crippen LogP contribution is 2.46. The normalized spacial score (nSPS) is 10.2. The van der Waals surface area contributed by atoms with Gasteiger partial charge in [-0.25, -0.2) is 0 Å². The molecule has 124 heavy (non-hydrogen) atoms. The Morgan fingerprint density at radius 2 is 0.742 bits per heavy atom. The zero-order valence-electron chi connectivity index (χ0n) is 67.2. The van der Waals surface area contributed by atoms with Crippen LogP contribution in [0.2, 0.25) is 20.1 Å². The number of hydrogen-bond acceptors (Lipinski definition) is 19. The highest BCUT2D eigenvalue weighted by Gasteiger charge is 2.30. The molecule has 9 aromatic carbocycles. The molecule has 13 aromatic rings. The van der Waals surface area contributed by atoms with E-state index < -0.39 is 10.9 Å². The molecule has 0 spiro atoms. The molecule has 0 saturated carbocycles. The zero-order chi connectivity index (χ0) is 89.8. The van der Waals surface area contributed by atoms with Crippen molar-refractivity contribution in [3.05, 3.63) is 275 Å². The third-order valence-corrected chi connectivity index (χ3v) is 19.3. The Morgan fingerprint density at radius 3 is 1.12 bits per heavy atom. The summed E-state index contributed by atoms with van der Waals surface area (Å²) in [4.78, 5) is 48.5. The molecule has 13 rings (SSSR count). The third-order valence-electron chi connectivity index (χ3n) is 17.1. The van der Waals surface area contributed by atoms with Gasteiger partial charge in [-0.15, -0.1) is 23.2 Å². The van der Waals surface area contributed by atoms with Gasteiger partial charge in [-0.2, -0.15) is 34.4 Å². The van der Waals surface area contributed by atoms with Crippen LogP contribution >= 0.6 is 148 Å². The monoisotopic (exact) mass is 2060 g/mol. The third kappa shape index (κ3) is 29.5. The molecule has 0 aliphatic heterocycles. The molecule has 4 aromatic heterocycles. The molecule has 23 nitrogen and oxygen atoms in total. The van der Waals surface area contributed by atoms with Crippen LogP contribution in [0.4, 0.5) is 0 Å². The first-order valence-electron chi connectivity index (χ1n) is 37.1. The number of nitrogens with one attached hydrogen (secondary N) is 4. The van der Waals surface area contributed by atoms with Crippen molar-refractivity contribution in [2.24, 2.45) is 0 Å². The number of nitrogens with zero attached hydrogens (tertiary/aromatic N) is 4. The lowest BCUT2D eigenvalue weighted by Gasteiger charge is -2.14. The topological polar surface area (TPSA) is 307 Å². The predicted octanol–water partition coefficient (Wildman–Crippen LogP) is 25.6. The Hall–Kier alpha value is -9.59. The van der Waals surface area contributed by atoms with E-state index in [0.717, 1.165) is 45.0 Å². The lowest BCUT2D eigenvalue weighted by atomic mass is 9.97. The molecule has 0 aliphatic rings. The summed E-state index contributed by atoms with van der Waals surface area (Å²) in [6.45, 7) is 16.1. The fraction of sp³-hybridized carbons (Fsp3) is 0.205. The highest BCUT2D eigenvalue weighted by molar-refractivity contribution is 9.93. The van der Waals surface area contributed by atoms with Crippen LogP contribution in [0.15, 0.2) is 217 Å². The van der Waals surface area contributed by atoms with Gasteiger partial charge < -0.3 is 73.3 Å². The second-order valence-corrected chi connectivity index (χ2v) is 30.6. The number of phenolic OH excluding ortho intramolecular Hbond substituents is 2. The van der Waals surface area contributed by atoms with Crippen molar-refractivity contribution >= 4 is 177 Å². The van der Waals surface area contributed by atoms with E-state index in [4.69, 9.17) is 146 Å². The molecule has 0 fully saturated rings. The Morgan fingerprint density at radius 1 is 0.419 bits per heavy atom. The van der Waals surface area contributed by atoms with E-state index in [0.29, 0.717) is 145 Å².